The van der Waals surface area contributed by atoms with Gasteiger partial charge in [0.25, 0.3) is 5.91 Å². The van der Waals surface area contributed by atoms with E-state index in [1.54, 1.807) is 34.1 Å². The Morgan fingerprint density at radius 3 is 2.57 bits per heavy atom. The molecule has 7 heteroatoms. The third-order valence-electron chi connectivity index (χ3n) is 5.42. The Labute approximate surface area is 175 Å². The van der Waals surface area contributed by atoms with Gasteiger partial charge in [0.1, 0.15) is 17.9 Å². The van der Waals surface area contributed by atoms with Crippen LogP contribution in [0.3, 0.4) is 0 Å². The lowest BCUT2D eigenvalue weighted by molar-refractivity contribution is -0.139. The molecule has 0 unspecified atom stereocenters. The van der Waals surface area contributed by atoms with E-state index in [0.717, 1.165) is 0 Å². The molecule has 2 heterocycles. The van der Waals surface area contributed by atoms with Gasteiger partial charge in [0.2, 0.25) is 5.91 Å². The van der Waals surface area contributed by atoms with Crippen LogP contribution in [-0.4, -0.2) is 66.6 Å². The zero-order chi connectivity index (χ0) is 20.9. The minimum absolute atomic E-state index is 0.0813. The Hall–Kier alpha value is -3.37. The lowest BCUT2D eigenvalue weighted by atomic mass is 10.1. The van der Waals surface area contributed by atoms with Crippen molar-refractivity contribution in [2.45, 2.75) is 18.6 Å². The topological polar surface area (TPSA) is 82.9 Å². The first kappa shape index (κ1) is 19.9. The third kappa shape index (κ3) is 4.29. The average Bonchev–Trinajstić information content (AvgIpc) is 3.23. The summed E-state index contributed by atoms with van der Waals surface area (Å²) in [6, 6.07) is 17.4. The van der Waals surface area contributed by atoms with Gasteiger partial charge >= 0.3 is 0 Å². The van der Waals surface area contributed by atoms with Crippen LogP contribution in [0, 0.1) is 11.3 Å². The normalized spacial score (nSPS) is 21.2. The van der Waals surface area contributed by atoms with E-state index >= 15 is 0 Å². The molecule has 0 aliphatic carbocycles. The van der Waals surface area contributed by atoms with E-state index in [2.05, 4.69) is 6.07 Å². The number of hydrogen-bond acceptors (Lipinski definition) is 5. The first-order valence-corrected chi connectivity index (χ1v) is 10.0. The minimum atomic E-state index is -0.602. The molecule has 0 bridgehead atoms. The summed E-state index contributed by atoms with van der Waals surface area (Å²) in [6.45, 7) is 2.35. The summed E-state index contributed by atoms with van der Waals surface area (Å²) in [6.07, 6.45) is 0.139. The highest BCUT2D eigenvalue weighted by Crippen LogP contribution is 2.26. The summed E-state index contributed by atoms with van der Waals surface area (Å²) in [7, 11) is 0. The van der Waals surface area contributed by atoms with E-state index in [-0.39, 0.29) is 17.9 Å². The molecule has 0 saturated carbocycles. The summed E-state index contributed by atoms with van der Waals surface area (Å²) >= 11 is 0. The fraction of sp³-hybridized carbons (Fsp3) is 0.348. The van der Waals surface area contributed by atoms with Gasteiger partial charge in [0.05, 0.1) is 31.4 Å². The summed E-state index contributed by atoms with van der Waals surface area (Å²) in [4.78, 5) is 29.9. The second-order valence-corrected chi connectivity index (χ2v) is 7.39. The Morgan fingerprint density at radius 2 is 1.83 bits per heavy atom. The molecule has 2 aliphatic heterocycles. The van der Waals surface area contributed by atoms with Crippen LogP contribution in [0.5, 0.6) is 5.75 Å². The number of nitrogens with zero attached hydrogens (tertiary/aromatic N) is 3. The Morgan fingerprint density at radius 1 is 1.07 bits per heavy atom. The maximum absolute atomic E-state index is 13.3. The van der Waals surface area contributed by atoms with Crippen LogP contribution in [0.15, 0.2) is 54.6 Å². The highest BCUT2D eigenvalue weighted by Gasteiger charge is 2.43. The summed E-state index contributed by atoms with van der Waals surface area (Å²) in [5.41, 5.74) is 0.808. The molecule has 2 saturated heterocycles. The largest absolute Gasteiger partial charge is 0.488 e. The second kappa shape index (κ2) is 8.97. The van der Waals surface area contributed by atoms with Crippen molar-refractivity contribution in [1.82, 2.24) is 9.80 Å². The number of benzene rings is 2. The summed E-state index contributed by atoms with van der Waals surface area (Å²) in [5.74, 6) is 0.362. The number of ether oxygens (including phenoxy) is 2. The summed E-state index contributed by atoms with van der Waals surface area (Å²) < 4.78 is 11.4. The molecule has 2 aromatic carbocycles. The second-order valence-electron chi connectivity index (χ2n) is 7.39. The van der Waals surface area contributed by atoms with Crippen LogP contribution in [0.2, 0.25) is 0 Å². The number of nitriles is 1. The van der Waals surface area contributed by atoms with Gasteiger partial charge in [-0.25, -0.2) is 0 Å². The van der Waals surface area contributed by atoms with Crippen molar-refractivity contribution in [2.24, 2.45) is 0 Å². The smallest absolute Gasteiger partial charge is 0.254 e. The van der Waals surface area contributed by atoms with Crippen LogP contribution in [0.1, 0.15) is 22.3 Å². The molecule has 0 spiro atoms. The first-order valence-electron chi connectivity index (χ1n) is 10.0. The van der Waals surface area contributed by atoms with Gasteiger partial charge < -0.3 is 19.3 Å². The molecule has 4 rings (SSSR count). The zero-order valence-electron chi connectivity index (χ0n) is 16.6. The van der Waals surface area contributed by atoms with Crippen molar-refractivity contribution in [1.29, 1.82) is 5.26 Å². The Balaban J connectivity index is 1.57. The predicted molar refractivity (Wildman–Crippen MR) is 109 cm³/mol. The van der Waals surface area contributed by atoms with E-state index in [1.165, 1.54) is 0 Å². The van der Waals surface area contributed by atoms with E-state index in [1.807, 2.05) is 30.3 Å². The van der Waals surface area contributed by atoms with Gasteiger partial charge in [0.15, 0.2) is 0 Å². The van der Waals surface area contributed by atoms with Gasteiger partial charge in [-0.05, 0) is 30.3 Å². The van der Waals surface area contributed by atoms with Crippen molar-refractivity contribution < 1.29 is 19.1 Å². The lowest BCUT2D eigenvalue weighted by Crippen LogP contribution is -2.51. The molecule has 2 aliphatic rings. The number of morpholine rings is 1. The molecule has 2 aromatic rings. The molecule has 2 fully saturated rings. The zero-order valence-corrected chi connectivity index (χ0v) is 16.6. The van der Waals surface area contributed by atoms with Crippen LogP contribution in [-0.2, 0) is 9.53 Å². The Bertz CT molecular complexity index is 950. The minimum Gasteiger partial charge on any atom is -0.488 e. The molecule has 2 amide bonds. The number of hydrogen-bond donors (Lipinski definition) is 0. The molecule has 2 atom stereocenters. The number of amides is 2. The van der Waals surface area contributed by atoms with Crippen LogP contribution < -0.4 is 4.74 Å². The molecule has 30 heavy (non-hydrogen) atoms. The van der Waals surface area contributed by atoms with Gasteiger partial charge in [-0.3, -0.25) is 9.59 Å². The average molecular weight is 405 g/mol. The van der Waals surface area contributed by atoms with Gasteiger partial charge in [-0.15, -0.1) is 0 Å². The predicted octanol–water partition coefficient (Wildman–Crippen LogP) is 2.08. The molecular weight excluding hydrogens is 382 g/mol. The standard InChI is InChI=1S/C23H23N3O4/c24-15-17-5-4-6-18(13-17)22(27)26-16-20(30-19-7-2-1-3-8-19)14-21(26)23(28)25-9-11-29-12-10-25/h1-8,13,20-21H,9-12,14,16H2/t20-,21-/m0/s1. The van der Waals surface area contributed by atoms with Gasteiger partial charge in [-0.1, -0.05) is 24.3 Å². The molecule has 0 radical (unpaired) electrons. The molecule has 0 N–H and O–H groups in total. The van der Waals surface area contributed by atoms with E-state index in [9.17, 15) is 9.59 Å². The fourth-order valence-electron chi connectivity index (χ4n) is 3.91. The number of likely N-dealkylation sites (tertiary alicyclic amines) is 1. The van der Waals surface area contributed by atoms with E-state index in [4.69, 9.17) is 14.7 Å². The molecule has 7 nitrogen and oxygen atoms in total. The van der Waals surface area contributed by atoms with Crippen molar-refractivity contribution >= 4 is 11.8 Å². The monoisotopic (exact) mass is 405 g/mol. The molecular formula is C23H23N3O4. The number of para-hydroxylation sites is 1. The number of rotatable bonds is 4. The van der Waals surface area contributed by atoms with E-state index in [0.29, 0.717) is 56.1 Å². The fourth-order valence-corrected chi connectivity index (χ4v) is 3.91. The maximum atomic E-state index is 13.3. The van der Waals surface area contributed by atoms with Gasteiger partial charge in [0, 0.05) is 25.1 Å². The highest BCUT2D eigenvalue weighted by molar-refractivity contribution is 5.98. The van der Waals surface area contributed by atoms with E-state index < -0.39 is 6.04 Å². The highest BCUT2D eigenvalue weighted by atomic mass is 16.5. The SMILES string of the molecule is N#Cc1cccc(C(=O)N2C[C@@H](Oc3ccccc3)C[C@H]2C(=O)N2CCOCC2)c1. The lowest BCUT2D eigenvalue weighted by Gasteiger charge is -2.32. The van der Waals surface area contributed by atoms with Crippen molar-refractivity contribution in [2.75, 3.05) is 32.8 Å². The van der Waals surface area contributed by atoms with Crippen molar-refractivity contribution in [3.8, 4) is 11.8 Å². The van der Waals surface area contributed by atoms with Gasteiger partial charge in [-0.2, -0.15) is 5.26 Å². The first-order chi connectivity index (χ1) is 14.7. The number of carbonyl (C=O) groups excluding carboxylic acids is 2. The maximum Gasteiger partial charge on any atom is 0.254 e. The number of carbonyl (C=O) groups is 2. The van der Waals surface area contributed by atoms with Crippen molar-refractivity contribution in [3.63, 3.8) is 0 Å². The van der Waals surface area contributed by atoms with Crippen LogP contribution in [0.4, 0.5) is 0 Å². The molecule has 0 aromatic heterocycles. The van der Waals surface area contributed by atoms with Crippen LogP contribution >= 0.6 is 0 Å². The quantitative estimate of drug-likeness (QED) is 0.778. The Kier molecular flexibility index (Phi) is 5.96. The molecule has 154 valence electrons. The van der Waals surface area contributed by atoms with Crippen molar-refractivity contribution in [3.05, 3.63) is 65.7 Å². The van der Waals surface area contributed by atoms with Crippen LogP contribution in [0.25, 0.3) is 0 Å². The summed E-state index contributed by atoms with van der Waals surface area (Å²) in [5, 5.41) is 9.16. The third-order valence-corrected chi connectivity index (χ3v) is 5.42.